The first kappa shape index (κ1) is 30.5. The molecule has 0 aromatic carbocycles. The summed E-state index contributed by atoms with van der Waals surface area (Å²) in [4.78, 5) is 26.4. The number of carbonyl (C=O) groups excluding carboxylic acids is 2. The van der Waals surface area contributed by atoms with E-state index in [1.54, 1.807) is 0 Å². The molecule has 3 saturated carbocycles. The summed E-state index contributed by atoms with van der Waals surface area (Å²) in [5, 5.41) is 12.9. The van der Waals surface area contributed by atoms with Crippen LogP contribution in [0.2, 0.25) is 0 Å². The number of hydrogen-bond acceptors (Lipinski definition) is 8. The van der Waals surface area contributed by atoms with E-state index in [1.165, 1.54) is 25.7 Å². The smallest absolute Gasteiger partial charge is 0.334 e. The SMILES string of the molecule is CC=C(C)C(=O)OC1(C)CC2CCCCC2C(C2CCC(N)NC2)C12CC1CC3CC(CCCO)C(=O)OC3CC1O2. The quantitative estimate of drug-likeness (QED) is 0.305. The molecule has 236 valence electrons. The van der Waals surface area contributed by atoms with Crippen molar-refractivity contribution in [2.75, 3.05) is 13.2 Å². The molecule has 4 N–H and O–H groups in total. The third-order valence-corrected chi connectivity index (χ3v) is 12.5. The van der Waals surface area contributed by atoms with Gasteiger partial charge in [-0.3, -0.25) is 4.79 Å². The maximum absolute atomic E-state index is 13.5. The van der Waals surface area contributed by atoms with Crippen LogP contribution in [0.15, 0.2) is 11.6 Å². The van der Waals surface area contributed by atoms with Gasteiger partial charge in [-0.15, -0.1) is 0 Å². The van der Waals surface area contributed by atoms with Crippen LogP contribution >= 0.6 is 0 Å². The van der Waals surface area contributed by atoms with E-state index in [1.807, 2.05) is 19.9 Å². The number of esters is 2. The predicted molar refractivity (Wildman–Crippen MR) is 159 cm³/mol. The highest BCUT2D eigenvalue weighted by atomic mass is 16.6. The van der Waals surface area contributed by atoms with E-state index in [2.05, 4.69) is 12.2 Å². The second-order valence-corrected chi connectivity index (χ2v) is 14.9. The minimum atomic E-state index is -0.736. The largest absolute Gasteiger partial charge is 0.462 e. The molecule has 6 aliphatic rings. The Morgan fingerprint density at radius 3 is 2.62 bits per heavy atom. The van der Waals surface area contributed by atoms with Crippen molar-refractivity contribution in [2.24, 2.45) is 47.2 Å². The third kappa shape index (κ3) is 5.37. The van der Waals surface area contributed by atoms with Crippen LogP contribution in [0, 0.1) is 41.4 Å². The molecular weight excluding hydrogens is 532 g/mol. The number of aliphatic hydroxyl groups excluding tert-OH is 1. The lowest BCUT2D eigenvalue weighted by Gasteiger charge is -2.61. The van der Waals surface area contributed by atoms with E-state index in [4.69, 9.17) is 19.9 Å². The molecule has 6 rings (SSSR count). The lowest BCUT2D eigenvalue weighted by molar-refractivity contribution is -0.266. The topological polar surface area (TPSA) is 120 Å². The minimum absolute atomic E-state index is 0.00432. The third-order valence-electron chi connectivity index (χ3n) is 12.5. The van der Waals surface area contributed by atoms with Gasteiger partial charge in [-0.05, 0) is 121 Å². The number of carbonyl (C=O) groups is 2. The Bertz CT molecular complexity index is 1040. The first-order valence-electron chi connectivity index (χ1n) is 17.0. The van der Waals surface area contributed by atoms with Crippen LogP contribution in [0.3, 0.4) is 0 Å². The molecular formula is C34H54N2O6. The van der Waals surface area contributed by atoms with E-state index in [-0.39, 0.29) is 48.8 Å². The molecule has 3 saturated heterocycles. The second-order valence-electron chi connectivity index (χ2n) is 14.9. The molecule has 0 aromatic rings. The van der Waals surface area contributed by atoms with Gasteiger partial charge in [0.25, 0.3) is 0 Å². The van der Waals surface area contributed by atoms with E-state index in [0.29, 0.717) is 48.0 Å². The fourth-order valence-corrected chi connectivity index (χ4v) is 10.4. The summed E-state index contributed by atoms with van der Waals surface area (Å²) < 4.78 is 20.2. The van der Waals surface area contributed by atoms with Crippen LogP contribution < -0.4 is 11.1 Å². The van der Waals surface area contributed by atoms with Crippen molar-refractivity contribution in [1.29, 1.82) is 0 Å². The van der Waals surface area contributed by atoms with E-state index in [9.17, 15) is 14.7 Å². The highest BCUT2D eigenvalue weighted by Crippen LogP contribution is 2.64. The molecule has 3 heterocycles. The normalized spacial score (nSPS) is 47.3. The highest BCUT2D eigenvalue weighted by molar-refractivity contribution is 5.88. The number of fused-ring (bicyclic) bond motifs is 3. The Balaban J connectivity index is 1.35. The van der Waals surface area contributed by atoms with Crippen LogP contribution in [0.4, 0.5) is 0 Å². The average Bonchev–Trinajstić information content (AvgIpc) is 3.35. The Hall–Kier alpha value is -1.48. The zero-order chi connectivity index (χ0) is 29.6. The number of ether oxygens (including phenoxy) is 3. The summed E-state index contributed by atoms with van der Waals surface area (Å²) >= 11 is 0. The molecule has 8 heteroatoms. The number of piperidine rings is 1. The van der Waals surface area contributed by atoms with Gasteiger partial charge in [-0.1, -0.05) is 25.3 Å². The number of nitrogens with two attached hydrogens (primary N) is 1. The number of allylic oxidation sites excluding steroid dienone is 1. The fraction of sp³-hybridized carbons (Fsp3) is 0.882. The molecule has 8 nitrogen and oxygen atoms in total. The molecule has 0 aromatic heterocycles. The first-order chi connectivity index (χ1) is 20.2. The van der Waals surface area contributed by atoms with Gasteiger partial charge in [-0.2, -0.15) is 0 Å². The van der Waals surface area contributed by atoms with E-state index < -0.39 is 11.2 Å². The summed E-state index contributed by atoms with van der Waals surface area (Å²) in [5.74, 6) is 1.99. The monoisotopic (exact) mass is 586 g/mol. The minimum Gasteiger partial charge on any atom is -0.462 e. The first-order valence-corrected chi connectivity index (χ1v) is 17.0. The van der Waals surface area contributed by atoms with Crippen LogP contribution in [0.25, 0.3) is 0 Å². The zero-order valence-corrected chi connectivity index (χ0v) is 26.0. The molecule has 3 aliphatic carbocycles. The molecule has 12 unspecified atom stereocenters. The lowest BCUT2D eigenvalue weighted by atomic mass is 9.49. The van der Waals surface area contributed by atoms with Gasteiger partial charge in [0.1, 0.15) is 17.3 Å². The Morgan fingerprint density at radius 1 is 1.07 bits per heavy atom. The highest BCUT2D eigenvalue weighted by Gasteiger charge is 2.70. The molecule has 0 radical (unpaired) electrons. The molecule has 6 fully saturated rings. The van der Waals surface area contributed by atoms with Gasteiger partial charge in [0.15, 0.2) is 0 Å². The summed E-state index contributed by atoms with van der Waals surface area (Å²) in [6, 6.07) is 0. The predicted octanol–water partition coefficient (Wildman–Crippen LogP) is 4.62. The van der Waals surface area contributed by atoms with Crippen LogP contribution in [-0.2, 0) is 23.8 Å². The standard InChI is InChI=1S/C34H54N2O6/c1-4-20(2)31(38)42-33(3)17-22-8-5-6-10-26(22)30(23-11-12-29(35)36-19-23)34(33)18-25-15-24-14-21(9-7-13-37)32(39)40-27(24)16-28(25)41-34/h4,21-30,36-37H,5-19,35H2,1-3H3. The van der Waals surface area contributed by atoms with Crippen LogP contribution in [0.1, 0.15) is 104 Å². The van der Waals surface area contributed by atoms with Crippen molar-refractivity contribution in [3.8, 4) is 0 Å². The average molecular weight is 587 g/mol. The number of hydrogen-bond donors (Lipinski definition) is 3. The van der Waals surface area contributed by atoms with Crippen molar-refractivity contribution in [3.63, 3.8) is 0 Å². The summed E-state index contributed by atoms with van der Waals surface area (Å²) in [6.45, 7) is 6.90. The zero-order valence-electron chi connectivity index (χ0n) is 26.0. The van der Waals surface area contributed by atoms with Gasteiger partial charge < -0.3 is 30.4 Å². The van der Waals surface area contributed by atoms with Gasteiger partial charge in [0.05, 0.1) is 18.2 Å². The molecule has 3 aliphatic heterocycles. The Kier molecular flexibility index (Phi) is 8.82. The van der Waals surface area contributed by atoms with Crippen molar-refractivity contribution in [2.45, 2.75) is 134 Å². The van der Waals surface area contributed by atoms with Crippen LogP contribution in [-0.4, -0.2) is 59.8 Å². The van der Waals surface area contributed by atoms with Gasteiger partial charge >= 0.3 is 11.9 Å². The maximum Gasteiger partial charge on any atom is 0.334 e. The Morgan fingerprint density at radius 2 is 1.88 bits per heavy atom. The van der Waals surface area contributed by atoms with E-state index >= 15 is 0 Å². The molecule has 42 heavy (non-hydrogen) atoms. The van der Waals surface area contributed by atoms with Crippen molar-refractivity contribution in [1.82, 2.24) is 5.32 Å². The lowest BCUT2D eigenvalue weighted by Crippen LogP contribution is -2.68. The van der Waals surface area contributed by atoms with Crippen molar-refractivity contribution >= 4 is 11.9 Å². The van der Waals surface area contributed by atoms with Gasteiger partial charge in [-0.25, -0.2) is 4.79 Å². The summed E-state index contributed by atoms with van der Waals surface area (Å²) in [5.41, 5.74) is 5.64. The molecule has 0 amide bonds. The van der Waals surface area contributed by atoms with Crippen LogP contribution in [0.5, 0.6) is 0 Å². The van der Waals surface area contributed by atoms with Gasteiger partial charge in [0, 0.05) is 18.6 Å². The van der Waals surface area contributed by atoms with Crippen molar-refractivity contribution < 1.29 is 28.9 Å². The number of nitrogens with one attached hydrogen (secondary N) is 1. The number of rotatable bonds is 6. The maximum atomic E-state index is 13.5. The van der Waals surface area contributed by atoms with Crippen molar-refractivity contribution in [3.05, 3.63) is 11.6 Å². The summed E-state index contributed by atoms with van der Waals surface area (Å²) in [7, 11) is 0. The Labute approximate surface area is 251 Å². The van der Waals surface area contributed by atoms with E-state index in [0.717, 1.165) is 51.5 Å². The van der Waals surface area contributed by atoms with Gasteiger partial charge in [0.2, 0.25) is 0 Å². The number of aliphatic hydroxyl groups is 1. The molecule has 0 bridgehead atoms. The second kappa shape index (κ2) is 12.1. The molecule has 12 atom stereocenters. The summed E-state index contributed by atoms with van der Waals surface area (Å²) in [6.07, 6.45) is 14.3. The molecule has 1 spiro atoms. The fourth-order valence-electron chi connectivity index (χ4n) is 10.4.